The number of fused-ring (bicyclic) bond motifs is 1. The Bertz CT molecular complexity index is 756. The molecule has 1 aliphatic heterocycles. The molecule has 1 atom stereocenters. The molecular formula is C16H17NO3S. The predicted octanol–water partition coefficient (Wildman–Crippen LogP) is 2.80. The Balaban J connectivity index is 1.93. The van der Waals surface area contributed by atoms with Crippen LogP contribution in [0.4, 0.5) is 0 Å². The van der Waals surface area contributed by atoms with Gasteiger partial charge in [-0.15, -0.1) is 0 Å². The van der Waals surface area contributed by atoms with E-state index in [9.17, 15) is 8.42 Å². The fourth-order valence-corrected chi connectivity index (χ4v) is 4.07. The number of sulfonamides is 1. The summed E-state index contributed by atoms with van der Waals surface area (Å²) in [6.07, 6.45) is 0.627. The molecule has 0 amide bonds. The Kier molecular flexibility index (Phi) is 3.69. The van der Waals surface area contributed by atoms with E-state index in [0.717, 1.165) is 16.9 Å². The molecule has 1 N–H and O–H groups in total. The molecule has 0 saturated carbocycles. The van der Waals surface area contributed by atoms with Gasteiger partial charge in [-0.25, -0.2) is 13.1 Å². The normalized spacial score (nSPS) is 17.9. The quantitative estimate of drug-likeness (QED) is 0.948. The third-order valence-corrected chi connectivity index (χ3v) is 5.27. The molecule has 0 aliphatic carbocycles. The lowest BCUT2D eigenvalue weighted by Crippen LogP contribution is -2.32. The lowest BCUT2D eigenvalue weighted by Gasteiger charge is -2.26. The molecule has 0 spiro atoms. The summed E-state index contributed by atoms with van der Waals surface area (Å²) in [7, 11) is -3.54. The largest absolute Gasteiger partial charge is 0.493 e. The van der Waals surface area contributed by atoms with Gasteiger partial charge in [0.1, 0.15) is 5.75 Å². The zero-order chi connectivity index (χ0) is 14.9. The van der Waals surface area contributed by atoms with Crippen molar-refractivity contribution in [2.75, 3.05) is 6.61 Å². The summed E-state index contributed by atoms with van der Waals surface area (Å²) in [5, 5.41) is 0. The SMILES string of the molecule is Cc1ccccc1S(=O)(=O)NC1CCOc2ccccc21. The predicted molar refractivity (Wildman–Crippen MR) is 80.8 cm³/mol. The lowest BCUT2D eigenvalue weighted by molar-refractivity contribution is 0.263. The Labute approximate surface area is 124 Å². The molecule has 0 radical (unpaired) electrons. The van der Waals surface area contributed by atoms with Crippen LogP contribution in [0.25, 0.3) is 0 Å². The van der Waals surface area contributed by atoms with Crippen LogP contribution in [0.2, 0.25) is 0 Å². The molecular weight excluding hydrogens is 286 g/mol. The number of para-hydroxylation sites is 1. The first-order valence-electron chi connectivity index (χ1n) is 6.87. The van der Waals surface area contributed by atoms with Gasteiger partial charge < -0.3 is 4.74 Å². The van der Waals surface area contributed by atoms with E-state index in [1.165, 1.54) is 0 Å². The molecule has 21 heavy (non-hydrogen) atoms. The number of aryl methyl sites for hydroxylation is 1. The van der Waals surface area contributed by atoms with Crippen LogP contribution in [0.5, 0.6) is 5.75 Å². The van der Waals surface area contributed by atoms with Crippen molar-refractivity contribution in [3.8, 4) is 5.75 Å². The monoisotopic (exact) mass is 303 g/mol. The van der Waals surface area contributed by atoms with Gasteiger partial charge >= 0.3 is 0 Å². The van der Waals surface area contributed by atoms with Gasteiger partial charge in [-0.05, 0) is 24.6 Å². The average Bonchev–Trinajstić information content (AvgIpc) is 2.47. The van der Waals surface area contributed by atoms with E-state index in [4.69, 9.17) is 4.74 Å². The van der Waals surface area contributed by atoms with Crippen LogP contribution in [0.15, 0.2) is 53.4 Å². The van der Waals surface area contributed by atoms with Crippen LogP contribution in [-0.2, 0) is 10.0 Å². The first-order chi connectivity index (χ1) is 10.1. The lowest BCUT2D eigenvalue weighted by atomic mass is 10.0. The molecule has 0 saturated heterocycles. The van der Waals surface area contributed by atoms with Gasteiger partial charge in [0.2, 0.25) is 10.0 Å². The Hall–Kier alpha value is -1.85. The fourth-order valence-electron chi connectivity index (χ4n) is 2.57. The summed E-state index contributed by atoms with van der Waals surface area (Å²) >= 11 is 0. The molecule has 0 aromatic heterocycles. The second-order valence-electron chi connectivity index (χ2n) is 5.11. The van der Waals surface area contributed by atoms with Gasteiger partial charge in [0.05, 0.1) is 17.5 Å². The van der Waals surface area contributed by atoms with E-state index in [2.05, 4.69) is 4.72 Å². The maximum Gasteiger partial charge on any atom is 0.241 e. The Morgan fingerprint density at radius 2 is 1.81 bits per heavy atom. The highest BCUT2D eigenvalue weighted by Gasteiger charge is 2.27. The van der Waals surface area contributed by atoms with Gasteiger partial charge in [0.25, 0.3) is 0 Å². The molecule has 1 unspecified atom stereocenters. The van der Waals surface area contributed by atoms with Gasteiger partial charge in [0, 0.05) is 12.0 Å². The summed E-state index contributed by atoms with van der Waals surface area (Å²) in [5.74, 6) is 0.751. The van der Waals surface area contributed by atoms with E-state index in [-0.39, 0.29) is 6.04 Å². The van der Waals surface area contributed by atoms with Crippen LogP contribution in [0.1, 0.15) is 23.6 Å². The third kappa shape index (κ3) is 2.80. The van der Waals surface area contributed by atoms with Crippen molar-refractivity contribution in [1.82, 2.24) is 4.72 Å². The van der Waals surface area contributed by atoms with Crippen LogP contribution in [-0.4, -0.2) is 15.0 Å². The maximum absolute atomic E-state index is 12.6. The van der Waals surface area contributed by atoms with Crippen molar-refractivity contribution in [2.45, 2.75) is 24.3 Å². The topological polar surface area (TPSA) is 55.4 Å². The second kappa shape index (κ2) is 5.50. The molecule has 0 bridgehead atoms. The zero-order valence-corrected chi connectivity index (χ0v) is 12.6. The molecule has 2 aromatic rings. The first-order valence-corrected chi connectivity index (χ1v) is 8.36. The van der Waals surface area contributed by atoms with Crippen LogP contribution >= 0.6 is 0 Å². The Morgan fingerprint density at radius 1 is 1.10 bits per heavy atom. The summed E-state index contributed by atoms with van der Waals surface area (Å²) in [4.78, 5) is 0.328. The van der Waals surface area contributed by atoms with Gasteiger partial charge in [-0.1, -0.05) is 36.4 Å². The molecule has 4 nitrogen and oxygen atoms in total. The maximum atomic E-state index is 12.6. The second-order valence-corrected chi connectivity index (χ2v) is 6.80. The molecule has 5 heteroatoms. The number of hydrogen-bond acceptors (Lipinski definition) is 3. The van der Waals surface area contributed by atoms with Crippen molar-refractivity contribution < 1.29 is 13.2 Å². The van der Waals surface area contributed by atoms with Crippen molar-refractivity contribution in [2.24, 2.45) is 0 Å². The van der Waals surface area contributed by atoms with Crippen LogP contribution in [0.3, 0.4) is 0 Å². The zero-order valence-electron chi connectivity index (χ0n) is 11.7. The fraction of sp³-hybridized carbons (Fsp3) is 0.250. The molecule has 2 aromatic carbocycles. The van der Waals surface area contributed by atoms with Gasteiger partial charge in [0.15, 0.2) is 0 Å². The first kappa shape index (κ1) is 14.1. The van der Waals surface area contributed by atoms with E-state index >= 15 is 0 Å². The summed E-state index contributed by atoms with van der Waals surface area (Å²) in [6.45, 7) is 2.31. The molecule has 3 rings (SSSR count). The standard InChI is InChI=1S/C16H17NO3S/c1-12-6-2-5-9-16(12)21(18,19)17-14-10-11-20-15-8-4-3-7-13(14)15/h2-9,14,17H,10-11H2,1H3. The van der Waals surface area contributed by atoms with Crippen molar-refractivity contribution >= 4 is 10.0 Å². The average molecular weight is 303 g/mol. The van der Waals surface area contributed by atoms with Crippen LogP contribution in [0, 0.1) is 6.92 Å². The highest BCUT2D eigenvalue weighted by molar-refractivity contribution is 7.89. The number of nitrogens with one attached hydrogen (secondary N) is 1. The molecule has 1 heterocycles. The summed E-state index contributed by atoms with van der Waals surface area (Å²) in [6, 6.07) is 14.3. The highest BCUT2D eigenvalue weighted by atomic mass is 32.2. The van der Waals surface area contributed by atoms with Gasteiger partial charge in [-0.3, -0.25) is 0 Å². The smallest absolute Gasteiger partial charge is 0.241 e. The molecule has 0 fully saturated rings. The number of ether oxygens (including phenoxy) is 1. The molecule has 1 aliphatic rings. The van der Waals surface area contributed by atoms with E-state index < -0.39 is 10.0 Å². The van der Waals surface area contributed by atoms with Crippen molar-refractivity contribution in [3.05, 3.63) is 59.7 Å². The minimum Gasteiger partial charge on any atom is -0.493 e. The van der Waals surface area contributed by atoms with E-state index in [1.54, 1.807) is 25.1 Å². The number of hydrogen-bond donors (Lipinski definition) is 1. The Morgan fingerprint density at radius 3 is 2.62 bits per heavy atom. The minimum atomic E-state index is -3.54. The van der Waals surface area contributed by atoms with Crippen LogP contribution < -0.4 is 9.46 Å². The van der Waals surface area contributed by atoms with Gasteiger partial charge in [-0.2, -0.15) is 0 Å². The highest BCUT2D eigenvalue weighted by Crippen LogP contribution is 2.32. The molecule has 110 valence electrons. The summed E-state index contributed by atoms with van der Waals surface area (Å²) in [5.41, 5.74) is 1.63. The van der Waals surface area contributed by atoms with Crippen molar-refractivity contribution in [1.29, 1.82) is 0 Å². The third-order valence-electron chi connectivity index (χ3n) is 3.64. The summed E-state index contributed by atoms with van der Waals surface area (Å²) < 4.78 is 33.5. The van der Waals surface area contributed by atoms with E-state index in [0.29, 0.717) is 17.9 Å². The van der Waals surface area contributed by atoms with E-state index in [1.807, 2.05) is 30.3 Å². The van der Waals surface area contributed by atoms with Crippen molar-refractivity contribution in [3.63, 3.8) is 0 Å². The minimum absolute atomic E-state index is 0.250. The number of rotatable bonds is 3. The number of benzene rings is 2.